The molecule has 1 aromatic heterocycles. The van der Waals surface area contributed by atoms with E-state index < -0.39 is 0 Å². The van der Waals surface area contributed by atoms with Gasteiger partial charge in [-0.15, -0.1) is 0 Å². The van der Waals surface area contributed by atoms with Crippen molar-refractivity contribution in [1.82, 2.24) is 10.1 Å². The van der Waals surface area contributed by atoms with Gasteiger partial charge in [0.15, 0.2) is 0 Å². The van der Waals surface area contributed by atoms with Crippen molar-refractivity contribution in [3.05, 3.63) is 35.5 Å². The molecular weight excluding hydrogens is 257 g/mol. The molecule has 20 heavy (non-hydrogen) atoms. The van der Waals surface area contributed by atoms with E-state index in [4.69, 9.17) is 10.3 Å². The summed E-state index contributed by atoms with van der Waals surface area (Å²) in [6.07, 6.45) is 2.67. The minimum Gasteiger partial charge on any atom is -0.339 e. The quantitative estimate of drug-likeness (QED) is 0.881. The number of nitrogens with zero attached hydrogens (tertiary/aromatic N) is 2. The lowest BCUT2D eigenvalue weighted by Crippen LogP contribution is -2.06. The third-order valence-corrected chi connectivity index (χ3v) is 3.41. The summed E-state index contributed by atoms with van der Waals surface area (Å²) < 4.78 is 18.7. The van der Waals surface area contributed by atoms with Gasteiger partial charge in [0.2, 0.25) is 11.7 Å². The third-order valence-electron chi connectivity index (χ3n) is 3.41. The van der Waals surface area contributed by atoms with Gasteiger partial charge < -0.3 is 10.3 Å². The highest BCUT2D eigenvalue weighted by atomic mass is 19.1. The molecule has 0 aliphatic carbocycles. The molecule has 0 saturated carbocycles. The number of nitrogens with two attached hydrogens (primary N) is 1. The molecule has 0 aliphatic rings. The largest absolute Gasteiger partial charge is 0.339 e. The normalized spacial score (nSPS) is 12.6. The highest BCUT2D eigenvalue weighted by molar-refractivity contribution is 5.54. The van der Waals surface area contributed by atoms with Crippen LogP contribution < -0.4 is 5.73 Å². The number of hydrogen-bond donors (Lipinski definition) is 1. The van der Waals surface area contributed by atoms with Crippen molar-refractivity contribution in [3.63, 3.8) is 0 Å². The van der Waals surface area contributed by atoms with E-state index in [-0.39, 0.29) is 5.82 Å². The molecule has 0 bridgehead atoms. The molecule has 0 fully saturated rings. The highest BCUT2D eigenvalue weighted by Gasteiger charge is 2.11. The van der Waals surface area contributed by atoms with Crippen LogP contribution in [0.4, 0.5) is 4.39 Å². The summed E-state index contributed by atoms with van der Waals surface area (Å²) in [4.78, 5) is 4.31. The first-order chi connectivity index (χ1) is 9.60. The maximum absolute atomic E-state index is 13.5. The Kier molecular flexibility index (Phi) is 4.84. The number of aryl methyl sites for hydroxylation is 2. The summed E-state index contributed by atoms with van der Waals surface area (Å²) in [5.41, 5.74) is 6.76. The molecule has 0 aliphatic heterocycles. The van der Waals surface area contributed by atoms with Gasteiger partial charge in [-0.25, -0.2) is 4.39 Å². The number of rotatable bonds is 6. The Balaban J connectivity index is 2.03. The third kappa shape index (κ3) is 3.63. The molecule has 0 amide bonds. The van der Waals surface area contributed by atoms with E-state index in [9.17, 15) is 4.39 Å². The lowest BCUT2D eigenvalue weighted by molar-refractivity contribution is 0.362. The van der Waals surface area contributed by atoms with E-state index in [1.165, 1.54) is 6.07 Å². The monoisotopic (exact) mass is 277 g/mol. The first kappa shape index (κ1) is 14.7. The molecule has 1 unspecified atom stereocenters. The highest BCUT2D eigenvalue weighted by Crippen LogP contribution is 2.20. The van der Waals surface area contributed by atoms with Crippen LogP contribution in [-0.2, 0) is 6.42 Å². The van der Waals surface area contributed by atoms with Crippen molar-refractivity contribution in [2.45, 2.75) is 33.1 Å². The lowest BCUT2D eigenvalue weighted by atomic mass is 10.0. The van der Waals surface area contributed by atoms with Crippen molar-refractivity contribution in [2.75, 3.05) is 6.54 Å². The fourth-order valence-corrected chi connectivity index (χ4v) is 2.00. The van der Waals surface area contributed by atoms with E-state index in [1.807, 2.05) is 0 Å². The maximum atomic E-state index is 13.5. The maximum Gasteiger partial charge on any atom is 0.226 e. The molecule has 4 nitrogen and oxygen atoms in total. The van der Waals surface area contributed by atoms with Crippen molar-refractivity contribution < 1.29 is 8.91 Å². The van der Waals surface area contributed by atoms with E-state index in [0.717, 1.165) is 19.3 Å². The topological polar surface area (TPSA) is 64.9 Å². The Labute approximate surface area is 118 Å². The zero-order valence-electron chi connectivity index (χ0n) is 11.9. The molecule has 2 aromatic rings. The van der Waals surface area contributed by atoms with Gasteiger partial charge in [0, 0.05) is 12.0 Å². The SMILES string of the molecule is Cc1ccc(-c2noc(CCC(C)CCN)n2)cc1F. The van der Waals surface area contributed by atoms with Crippen LogP contribution in [0.1, 0.15) is 31.2 Å². The molecule has 108 valence electrons. The average molecular weight is 277 g/mol. The van der Waals surface area contributed by atoms with Crippen LogP contribution in [0.2, 0.25) is 0 Å². The van der Waals surface area contributed by atoms with Gasteiger partial charge in [-0.3, -0.25) is 0 Å². The molecule has 2 N–H and O–H groups in total. The summed E-state index contributed by atoms with van der Waals surface area (Å²) in [7, 11) is 0. The minimum atomic E-state index is -0.259. The van der Waals surface area contributed by atoms with E-state index in [2.05, 4.69) is 17.1 Å². The second-order valence-electron chi connectivity index (χ2n) is 5.20. The van der Waals surface area contributed by atoms with Gasteiger partial charge in [-0.05, 0) is 43.9 Å². The lowest BCUT2D eigenvalue weighted by Gasteiger charge is -2.06. The second kappa shape index (κ2) is 6.61. The van der Waals surface area contributed by atoms with Crippen LogP contribution in [0.5, 0.6) is 0 Å². The molecule has 2 rings (SSSR count). The van der Waals surface area contributed by atoms with Crippen LogP contribution in [0, 0.1) is 18.7 Å². The zero-order valence-corrected chi connectivity index (χ0v) is 11.9. The fraction of sp³-hybridized carbons (Fsp3) is 0.467. The van der Waals surface area contributed by atoms with Gasteiger partial charge in [-0.2, -0.15) is 4.98 Å². The Morgan fingerprint density at radius 3 is 2.85 bits per heavy atom. The van der Waals surface area contributed by atoms with Crippen LogP contribution in [-0.4, -0.2) is 16.7 Å². The second-order valence-corrected chi connectivity index (χ2v) is 5.20. The van der Waals surface area contributed by atoms with E-state index in [1.54, 1.807) is 19.1 Å². The molecule has 5 heteroatoms. The molecule has 0 radical (unpaired) electrons. The van der Waals surface area contributed by atoms with Gasteiger partial charge in [0.05, 0.1) is 0 Å². The number of hydrogen-bond acceptors (Lipinski definition) is 4. The van der Waals surface area contributed by atoms with Gasteiger partial charge in [0.1, 0.15) is 5.82 Å². The predicted octanol–water partition coefficient (Wildman–Crippen LogP) is 3.10. The van der Waals surface area contributed by atoms with Crippen molar-refractivity contribution >= 4 is 0 Å². The number of aromatic nitrogens is 2. The summed E-state index contributed by atoms with van der Waals surface area (Å²) in [5, 5.41) is 3.90. The molecule has 1 aromatic carbocycles. The molecule has 0 saturated heterocycles. The van der Waals surface area contributed by atoms with Crippen LogP contribution in [0.25, 0.3) is 11.4 Å². The van der Waals surface area contributed by atoms with Gasteiger partial charge >= 0.3 is 0 Å². The van der Waals surface area contributed by atoms with Crippen molar-refractivity contribution in [3.8, 4) is 11.4 Å². The Hall–Kier alpha value is -1.75. The van der Waals surface area contributed by atoms with E-state index in [0.29, 0.717) is 35.3 Å². The smallest absolute Gasteiger partial charge is 0.226 e. The number of benzene rings is 1. The molecule has 0 spiro atoms. The van der Waals surface area contributed by atoms with Gasteiger partial charge in [-0.1, -0.05) is 24.2 Å². The van der Waals surface area contributed by atoms with Crippen molar-refractivity contribution in [2.24, 2.45) is 11.7 Å². The van der Waals surface area contributed by atoms with Crippen molar-refractivity contribution in [1.29, 1.82) is 0 Å². The average Bonchev–Trinajstić information content (AvgIpc) is 2.89. The molecule has 1 atom stereocenters. The molecule has 1 heterocycles. The summed E-state index contributed by atoms with van der Waals surface area (Å²) >= 11 is 0. The van der Waals surface area contributed by atoms with Gasteiger partial charge in [0.25, 0.3) is 0 Å². The Morgan fingerprint density at radius 2 is 2.15 bits per heavy atom. The molecular formula is C15H20FN3O. The first-order valence-corrected chi connectivity index (χ1v) is 6.89. The fourth-order valence-electron chi connectivity index (χ4n) is 2.00. The van der Waals surface area contributed by atoms with Crippen LogP contribution in [0.3, 0.4) is 0 Å². The number of halogens is 1. The summed E-state index contributed by atoms with van der Waals surface area (Å²) in [6, 6.07) is 4.94. The standard InChI is InChI=1S/C15H20FN3O/c1-10(7-8-17)3-6-14-18-15(19-20-14)12-5-4-11(2)13(16)9-12/h4-5,9-10H,3,6-8,17H2,1-2H3. The zero-order chi connectivity index (χ0) is 14.5. The predicted molar refractivity (Wildman–Crippen MR) is 75.6 cm³/mol. The van der Waals surface area contributed by atoms with E-state index >= 15 is 0 Å². The van der Waals surface area contributed by atoms with Crippen LogP contribution in [0.15, 0.2) is 22.7 Å². The van der Waals surface area contributed by atoms with Crippen LogP contribution >= 0.6 is 0 Å². The summed E-state index contributed by atoms with van der Waals surface area (Å²) in [5.74, 6) is 1.30. The summed E-state index contributed by atoms with van der Waals surface area (Å²) in [6.45, 7) is 4.57. The Morgan fingerprint density at radius 1 is 1.35 bits per heavy atom. The minimum absolute atomic E-state index is 0.259. The first-order valence-electron chi connectivity index (χ1n) is 6.89. The Bertz CT molecular complexity index is 568.